The summed E-state index contributed by atoms with van der Waals surface area (Å²) < 4.78 is 11.1. The Labute approximate surface area is 131 Å². The molecule has 2 rings (SSSR count). The summed E-state index contributed by atoms with van der Waals surface area (Å²) in [5.74, 6) is 0.871. The Bertz CT molecular complexity index is 608. The van der Waals surface area contributed by atoms with Crippen molar-refractivity contribution in [1.29, 1.82) is 0 Å². The van der Waals surface area contributed by atoms with Crippen LogP contribution in [-0.4, -0.2) is 39.4 Å². The van der Waals surface area contributed by atoms with Gasteiger partial charge in [-0.05, 0) is 43.5 Å². The number of ether oxygens (including phenoxy) is 1. The van der Waals surface area contributed by atoms with E-state index in [-0.39, 0.29) is 0 Å². The molecular formula is C13H17BrN4OS. The van der Waals surface area contributed by atoms with Gasteiger partial charge in [0.1, 0.15) is 18.7 Å². The lowest BCUT2D eigenvalue weighted by atomic mass is 10.3. The van der Waals surface area contributed by atoms with Crippen LogP contribution in [0.15, 0.2) is 35.1 Å². The highest BCUT2D eigenvalue weighted by Gasteiger charge is 2.03. The summed E-state index contributed by atoms with van der Waals surface area (Å²) in [6.07, 6.45) is 1.72. The summed E-state index contributed by atoms with van der Waals surface area (Å²) in [5.41, 5.74) is 0. The molecule has 0 aliphatic rings. The third-order valence-corrected chi connectivity index (χ3v) is 3.84. The molecule has 0 aliphatic heterocycles. The van der Waals surface area contributed by atoms with Crippen LogP contribution in [0.5, 0.6) is 5.75 Å². The van der Waals surface area contributed by atoms with Crippen molar-refractivity contribution in [2.45, 2.75) is 6.67 Å². The van der Waals surface area contributed by atoms with Gasteiger partial charge in [-0.2, -0.15) is 5.10 Å². The number of aryl methyl sites for hydroxylation is 1. The molecule has 1 heterocycles. The molecule has 1 aromatic carbocycles. The van der Waals surface area contributed by atoms with Gasteiger partial charge >= 0.3 is 0 Å². The van der Waals surface area contributed by atoms with Crippen LogP contribution < -0.4 is 4.74 Å². The van der Waals surface area contributed by atoms with E-state index in [1.807, 2.05) is 42.9 Å². The minimum absolute atomic E-state index is 0.623. The van der Waals surface area contributed by atoms with Crippen LogP contribution in [0.2, 0.25) is 0 Å². The third kappa shape index (κ3) is 4.16. The van der Waals surface area contributed by atoms with E-state index in [9.17, 15) is 0 Å². The number of rotatable bonds is 6. The van der Waals surface area contributed by atoms with E-state index in [0.717, 1.165) is 16.8 Å². The van der Waals surface area contributed by atoms with Gasteiger partial charge in [0.2, 0.25) is 0 Å². The van der Waals surface area contributed by atoms with Gasteiger partial charge in [-0.3, -0.25) is 4.90 Å². The number of halogens is 1. The molecule has 20 heavy (non-hydrogen) atoms. The van der Waals surface area contributed by atoms with E-state index in [0.29, 0.717) is 18.0 Å². The summed E-state index contributed by atoms with van der Waals surface area (Å²) >= 11 is 8.64. The molecular weight excluding hydrogens is 340 g/mol. The Morgan fingerprint density at radius 1 is 1.35 bits per heavy atom. The molecule has 7 heteroatoms. The van der Waals surface area contributed by atoms with Crippen molar-refractivity contribution < 1.29 is 4.74 Å². The van der Waals surface area contributed by atoms with Gasteiger partial charge in [0.15, 0.2) is 4.77 Å². The molecule has 0 radical (unpaired) electrons. The van der Waals surface area contributed by atoms with Gasteiger partial charge in [0.05, 0.1) is 6.67 Å². The molecule has 0 atom stereocenters. The summed E-state index contributed by atoms with van der Waals surface area (Å²) in [5, 5.41) is 4.22. The van der Waals surface area contributed by atoms with Gasteiger partial charge in [0.25, 0.3) is 0 Å². The summed E-state index contributed by atoms with van der Waals surface area (Å²) in [7, 11) is 3.91. The van der Waals surface area contributed by atoms with Gasteiger partial charge in [-0.1, -0.05) is 15.9 Å². The predicted octanol–water partition coefficient (Wildman–Crippen LogP) is 2.68. The number of nitrogens with zero attached hydrogens (tertiary/aromatic N) is 4. The molecule has 1 aromatic heterocycles. The molecule has 0 bridgehead atoms. The first-order valence-electron chi connectivity index (χ1n) is 6.21. The van der Waals surface area contributed by atoms with E-state index in [2.05, 4.69) is 25.9 Å². The fourth-order valence-electron chi connectivity index (χ4n) is 1.67. The molecule has 0 aliphatic carbocycles. The number of hydrogen-bond acceptors (Lipinski definition) is 4. The number of hydrogen-bond donors (Lipinski definition) is 0. The molecule has 0 unspecified atom stereocenters. The van der Waals surface area contributed by atoms with Crippen LogP contribution in [0.25, 0.3) is 0 Å². The van der Waals surface area contributed by atoms with Gasteiger partial charge in [-0.15, -0.1) is 0 Å². The highest BCUT2D eigenvalue weighted by molar-refractivity contribution is 9.10. The molecule has 0 fully saturated rings. The molecule has 0 N–H and O–H groups in total. The summed E-state index contributed by atoms with van der Waals surface area (Å²) in [6, 6.07) is 7.82. The molecule has 0 amide bonds. The predicted molar refractivity (Wildman–Crippen MR) is 84.3 cm³/mol. The average Bonchev–Trinajstić information content (AvgIpc) is 2.73. The maximum absolute atomic E-state index is 5.68. The maximum Gasteiger partial charge on any atom is 0.198 e. The monoisotopic (exact) mass is 356 g/mol. The Morgan fingerprint density at radius 2 is 2.05 bits per heavy atom. The van der Waals surface area contributed by atoms with Crippen molar-refractivity contribution in [3.05, 3.63) is 39.8 Å². The van der Waals surface area contributed by atoms with Crippen molar-refractivity contribution in [2.24, 2.45) is 7.05 Å². The number of likely N-dealkylation sites (N-methyl/N-ethyl adjacent to an activating group) is 1. The third-order valence-electron chi connectivity index (χ3n) is 2.82. The molecule has 2 aromatic rings. The van der Waals surface area contributed by atoms with Crippen molar-refractivity contribution in [1.82, 2.24) is 19.2 Å². The minimum atomic E-state index is 0.623. The van der Waals surface area contributed by atoms with Crippen LogP contribution in [0.1, 0.15) is 0 Å². The first-order valence-corrected chi connectivity index (χ1v) is 7.42. The quantitative estimate of drug-likeness (QED) is 0.745. The second-order valence-corrected chi connectivity index (χ2v) is 5.83. The van der Waals surface area contributed by atoms with Crippen LogP contribution in [0, 0.1) is 4.77 Å². The van der Waals surface area contributed by atoms with E-state index < -0.39 is 0 Å². The lowest BCUT2D eigenvalue weighted by molar-refractivity contribution is 0.197. The van der Waals surface area contributed by atoms with Crippen molar-refractivity contribution in [3.8, 4) is 5.75 Å². The van der Waals surface area contributed by atoms with Crippen molar-refractivity contribution in [2.75, 3.05) is 20.2 Å². The highest BCUT2D eigenvalue weighted by Crippen LogP contribution is 2.15. The molecule has 0 spiro atoms. The first kappa shape index (κ1) is 15.2. The Kier molecular flexibility index (Phi) is 5.33. The zero-order chi connectivity index (χ0) is 14.5. The topological polar surface area (TPSA) is 35.2 Å². The van der Waals surface area contributed by atoms with Gasteiger partial charge in [0, 0.05) is 18.1 Å². The first-order chi connectivity index (χ1) is 9.56. The SMILES string of the molecule is CN(CCOc1ccc(Br)cc1)Cn1ncn(C)c1=S. The van der Waals surface area contributed by atoms with Crippen molar-refractivity contribution >= 4 is 28.1 Å². The summed E-state index contributed by atoms with van der Waals surface area (Å²) in [4.78, 5) is 2.11. The highest BCUT2D eigenvalue weighted by atomic mass is 79.9. The Hall–Kier alpha value is -1.18. The van der Waals surface area contributed by atoms with E-state index in [4.69, 9.17) is 17.0 Å². The van der Waals surface area contributed by atoms with E-state index in [1.54, 1.807) is 11.0 Å². The van der Waals surface area contributed by atoms with Crippen LogP contribution in [0.3, 0.4) is 0 Å². The molecule has 108 valence electrons. The summed E-state index contributed by atoms with van der Waals surface area (Å²) in [6.45, 7) is 2.08. The molecule has 0 saturated heterocycles. The fourth-order valence-corrected chi connectivity index (χ4v) is 2.08. The molecule has 0 saturated carbocycles. The minimum Gasteiger partial charge on any atom is -0.492 e. The zero-order valence-electron chi connectivity index (χ0n) is 11.5. The maximum atomic E-state index is 5.68. The van der Waals surface area contributed by atoms with Crippen LogP contribution in [0.4, 0.5) is 0 Å². The van der Waals surface area contributed by atoms with Gasteiger partial charge in [-0.25, -0.2) is 4.68 Å². The standard InChI is InChI=1S/C13H17BrN4OS/c1-16(10-18-13(20)17(2)9-15-18)7-8-19-12-5-3-11(14)4-6-12/h3-6,9H,7-8,10H2,1-2H3. The van der Waals surface area contributed by atoms with E-state index >= 15 is 0 Å². The van der Waals surface area contributed by atoms with Crippen molar-refractivity contribution in [3.63, 3.8) is 0 Å². The Balaban J connectivity index is 1.78. The van der Waals surface area contributed by atoms with Crippen LogP contribution in [-0.2, 0) is 13.7 Å². The second-order valence-electron chi connectivity index (χ2n) is 4.55. The largest absolute Gasteiger partial charge is 0.492 e. The smallest absolute Gasteiger partial charge is 0.198 e. The number of benzene rings is 1. The Morgan fingerprint density at radius 3 is 2.65 bits per heavy atom. The van der Waals surface area contributed by atoms with E-state index in [1.165, 1.54) is 0 Å². The van der Waals surface area contributed by atoms with Gasteiger partial charge < -0.3 is 9.30 Å². The fraction of sp³-hybridized carbons (Fsp3) is 0.385. The molecule has 5 nitrogen and oxygen atoms in total. The normalized spacial score (nSPS) is 11.0. The van der Waals surface area contributed by atoms with Crippen LogP contribution >= 0.6 is 28.1 Å². The number of aromatic nitrogens is 3. The second kappa shape index (κ2) is 7.01. The zero-order valence-corrected chi connectivity index (χ0v) is 13.9. The average molecular weight is 357 g/mol. The lowest BCUT2D eigenvalue weighted by Crippen LogP contribution is -2.27. The lowest BCUT2D eigenvalue weighted by Gasteiger charge is -2.16.